The number of aromatic nitrogens is 1. The molecule has 20 heavy (non-hydrogen) atoms. The Bertz CT molecular complexity index is 505. The molecule has 0 unspecified atom stereocenters. The van der Waals surface area contributed by atoms with Gasteiger partial charge in [-0.1, -0.05) is 11.6 Å². The van der Waals surface area contributed by atoms with E-state index in [1.54, 1.807) is 17.0 Å². The zero-order valence-electron chi connectivity index (χ0n) is 12.1. The van der Waals surface area contributed by atoms with Crippen LogP contribution in [0.25, 0.3) is 0 Å². The zero-order chi connectivity index (χ0) is 14.8. The molecule has 0 spiro atoms. The number of carbonyl (C=O) groups excluding carboxylic acids is 1. The number of nitrogens with zero attached hydrogens (tertiary/aromatic N) is 2. The van der Waals surface area contributed by atoms with E-state index in [0.717, 1.165) is 6.54 Å². The fraction of sp³-hybridized carbons (Fsp3) is 0.571. The molecule has 2 heterocycles. The predicted molar refractivity (Wildman–Crippen MR) is 79.3 cm³/mol. The normalized spacial score (nSPS) is 17.9. The predicted octanol–water partition coefficient (Wildman–Crippen LogP) is 2.42. The molecule has 1 fully saturated rings. The summed E-state index contributed by atoms with van der Waals surface area (Å²) in [5.41, 5.74) is -0.0394. The van der Waals surface area contributed by atoms with Gasteiger partial charge in [0, 0.05) is 19.6 Å². The molecule has 0 saturated carbocycles. The fourth-order valence-corrected chi connectivity index (χ4v) is 2.40. The van der Waals surface area contributed by atoms with Crippen LogP contribution in [0.4, 0.5) is 5.82 Å². The number of amides is 1. The van der Waals surface area contributed by atoms with Gasteiger partial charge in [0.25, 0.3) is 5.91 Å². The number of hydrogen-bond donors (Lipinski definition) is 1. The van der Waals surface area contributed by atoms with Crippen LogP contribution in [0.3, 0.4) is 0 Å². The number of rotatable bonds is 3. The lowest BCUT2D eigenvalue weighted by Crippen LogP contribution is -2.50. The number of carbonyl (C=O) groups is 1. The van der Waals surface area contributed by atoms with Gasteiger partial charge in [-0.05, 0) is 32.9 Å². The quantitative estimate of drug-likeness (QED) is 0.931. The van der Waals surface area contributed by atoms with Crippen LogP contribution in [0.15, 0.2) is 12.1 Å². The van der Waals surface area contributed by atoms with Crippen molar-refractivity contribution in [3.63, 3.8) is 0 Å². The highest BCUT2D eigenvalue weighted by molar-refractivity contribution is 6.33. The van der Waals surface area contributed by atoms with Crippen LogP contribution in [0.2, 0.25) is 5.02 Å². The molecule has 0 aliphatic carbocycles. The minimum Gasteiger partial charge on any atom is -0.372 e. The minimum atomic E-state index is -0.334. The van der Waals surface area contributed by atoms with Crippen LogP contribution in [-0.4, -0.2) is 47.6 Å². The van der Waals surface area contributed by atoms with Crippen molar-refractivity contribution < 1.29 is 9.53 Å². The summed E-state index contributed by atoms with van der Waals surface area (Å²) in [6.07, 6.45) is 0. The number of hydrogen-bond acceptors (Lipinski definition) is 4. The summed E-state index contributed by atoms with van der Waals surface area (Å²) in [7, 11) is 0. The van der Waals surface area contributed by atoms with Crippen molar-refractivity contribution in [2.24, 2.45) is 0 Å². The molecule has 5 nitrogen and oxygen atoms in total. The zero-order valence-corrected chi connectivity index (χ0v) is 12.8. The Morgan fingerprint density at radius 3 is 2.95 bits per heavy atom. The first-order valence-electron chi connectivity index (χ1n) is 6.76. The largest absolute Gasteiger partial charge is 0.372 e. The van der Waals surface area contributed by atoms with Crippen molar-refractivity contribution >= 4 is 23.3 Å². The van der Waals surface area contributed by atoms with Crippen LogP contribution in [0, 0.1) is 0 Å². The smallest absolute Gasteiger partial charge is 0.274 e. The van der Waals surface area contributed by atoms with E-state index in [2.05, 4.69) is 10.3 Å². The number of anilines is 1. The summed E-state index contributed by atoms with van der Waals surface area (Å²) in [6, 6.07) is 3.47. The van der Waals surface area contributed by atoms with E-state index in [1.165, 1.54) is 0 Å². The van der Waals surface area contributed by atoms with Gasteiger partial charge in [0.1, 0.15) is 11.5 Å². The summed E-state index contributed by atoms with van der Waals surface area (Å²) >= 11 is 6.11. The standard InChI is InChI=1S/C14H20ClN3O2/c1-4-16-11-6-5-10(15)12(17-11)13(19)18-7-8-20-14(2,3)9-18/h5-6H,4,7-9H2,1-3H3,(H,16,17). The average Bonchev–Trinajstić information content (AvgIpc) is 2.39. The average molecular weight is 298 g/mol. The molecule has 2 rings (SSSR count). The van der Waals surface area contributed by atoms with Crippen molar-refractivity contribution in [1.29, 1.82) is 0 Å². The summed E-state index contributed by atoms with van der Waals surface area (Å²) in [5.74, 6) is 0.513. The minimum absolute atomic E-state index is 0.147. The van der Waals surface area contributed by atoms with Crippen LogP contribution in [-0.2, 0) is 4.74 Å². The van der Waals surface area contributed by atoms with Gasteiger partial charge in [-0.2, -0.15) is 0 Å². The molecule has 1 aliphatic heterocycles. The first kappa shape index (κ1) is 15.1. The van der Waals surface area contributed by atoms with E-state index < -0.39 is 0 Å². The Labute approximate surface area is 124 Å². The topological polar surface area (TPSA) is 54.5 Å². The van der Waals surface area contributed by atoms with Gasteiger partial charge >= 0.3 is 0 Å². The van der Waals surface area contributed by atoms with Gasteiger partial charge in [-0.3, -0.25) is 4.79 Å². The van der Waals surface area contributed by atoms with Crippen molar-refractivity contribution in [2.45, 2.75) is 26.4 Å². The molecule has 1 amide bonds. The molecule has 1 aromatic heterocycles. The van der Waals surface area contributed by atoms with Gasteiger partial charge < -0.3 is 15.0 Å². The molecule has 1 aromatic rings. The van der Waals surface area contributed by atoms with E-state index in [0.29, 0.717) is 36.2 Å². The van der Waals surface area contributed by atoms with Crippen LogP contribution >= 0.6 is 11.6 Å². The van der Waals surface area contributed by atoms with E-state index >= 15 is 0 Å². The molecule has 0 bridgehead atoms. The first-order chi connectivity index (χ1) is 9.43. The maximum absolute atomic E-state index is 12.6. The molecule has 1 saturated heterocycles. The second-order valence-corrected chi connectivity index (χ2v) is 5.80. The van der Waals surface area contributed by atoms with Gasteiger partial charge in [0.05, 0.1) is 17.2 Å². The van der Waals surface area contributed by atoms with Crippen LogP contribution in [0.5, 0.6) is 0 Å². The number of ether oxygens (including phenoxy) is 1. The van der Waals surface area contributed by atoms with Crippen molar-refractivity contribution in [1.82, 2.24) is 9.88 Å². The summed E-state index contributed by atoms with van der Waals surface area (Å²) in [6.45, 7) is 8.28. The highest BCUT2D eigenvalue weighted by Crippen LogP contribution is 2.22. The van der Waals surface area contributed by atoms with E-state index in [-0.39, 0.29) is 11.5 Å². The number of nitrogens with one attached hydrogen (secondary N) is 1. The monoisotopic (exact) mass is 297 g/mol. The molecule has 0 atom stereocenters. The summed E-state index contributed by atoms with van der Waals surface area (Å²) in [4.78, 5) is 18.6. The third-order valence-corrected chi connectivity index (χ3v) is 3.42. The van der Waals surface area contributed by atoms with Gasteiger partial charge in [-0.25, -0.2) is 4.98 Å². The molecular formula is C14H20ClN3O2. The van der Waals surface area contributed by atoms with E-state index in [4.69, 9.17) is 16.3 Å². The van der Waals surface area contributed by atoms with Crippen molar-refractivity contribution in [3.05, 3.63) is 22.8 Å². The molecule has 6 heteroatoms. The maximum Gasteiger partial charge on any atom is 0.274 e. The molecule has 1 N–H and O–H groups in total. The fourth-order valence-electron chi connectivity index (χ4n) is 2.21. The lowest BCUT2D eigenvalue weighted by Gasteiger charge is -2.38. The second-order valence-electron chi connectivity index (χ2n) is 5.39. The third kappa shape index (κ3) is 3.41. The molecule has 110 valence electrons. The Morgan fingerprint density at radius 1 is 1.55 bits per heavy atom. The highest BCUT2D eigenvalue weighted by atomic mass is 35.5. The van der Waals surface area contributed by atoms with E-state index in [1.807, 2.05) is 20.8 Å². The van der Waals surface area contributed by atoms with Crippen LogP contribution < -0.4 is 5.32 Å². The molecule has 1 aliphatic rings. The SMILES string of the molecule is CCNc1ccc(Cl)c(C(=O)N2CCOC(C)(C)C2)n1. The van der Waals surface area contributed by atoms with Crippen LogP contribution in [0.1, 0.15) is 31.3 Å². The first-order valence-corrected chi connectivity index (χ1v) is 7.14. The number of morpholine rings is 1. The second kappa shape index (κ2) is 5.97. The third-order valence-electron chi connectivity index (χ3n) is 3.12. The Morgan fingerprint density at radius 2 is 2.30 bits per heavy atom. The highest BCUT2D eigenvalue weighted by Gasteiger charge is 2.31. The lowest BCUT2D eigenvalue weighted by atomic mass is 10.1. The number of halogens is 1. The van der Waals surface area contributed by atoms with Gasteiger partial charge in [0.15, 0.2) is 0 Å². The van der Waals surface area contributed by atoms with Crippen molar-refractivity contribution in [2.75, 3.05) is 31.6 Å². The van der Waals surface area contributed by atoms with Gasteiger partial charge in [0.2, 0.25) is 0 Å². The Hall–Kier alpha value is -1.33. The van der Waals surface area contributed by atoms with Gasteiger partial charge in [-0.15, -0.1) is 0 Å². The molecular weight excluding hydrogens is 278 g/mol. The molecule has 0 radical (unpaired) electrons. The Balaban J connectivity index is 2.21. The van der Waals surface area contributed by atoms with Crippen molar-refractivity contribution in [3.8, 4) is 0 Å². The summed E-state index contributed by atoms with van der Waals surface area (Å²) < 4.78 is 5.61. The molecule has 0 aromatic carbocycles. The lowest BCUT2D eigenvalue weighted by molar-refractivity contribution is -0.0765. The Kier molecular flexibility index (Phi) is 4.50. The maximum atomic E-state index is 12.6. The van der Waals surface area contributed by atoms with E-state index in [9.17, 15) is 4.79 Å². The summed E-state index contributed by atoms with van der Waals surface area (Å²) in [5, 5.41) is 3.46. The number of pyridine rings is 1.